The van der Waals surface area contributed by atoms with E-state index >= 15 is 0 Å². The Morgan fingerprint density at radius 1 is 1.42 bits per heavy atom. The van der Waals surface area contributed by atoms with Crippen molar-refractivity contribution in [2.75, 3.05) is 19.6 Å². The Hall–Kier alpha value is -0.800. The largest absolute Gasteiger partial charge is 0.468 e. The van der Waals surface area contributed by atoms with Gasteiger partial charge in [0.05, 0.1) is 12.8 Å². The topological polar surface area (TPSA) is 28.4 Å². The number of nitrogens with one attached hydrogen (secondary N) is 1. The summed E-state index contributed by atoms with van der Waals surface area (Å²) in [6.07, 6.45) is 5.70. The highest BCUT2D eigenvalue weighted by Crippen LogP contribution is 2.26. The van der Waals surface area contributed by atoms with Crippen molar-refractivity contribution in [2.45, 2.75) is 52.6 Å². The maximum absolute atomic E-state index is 5.46. The Morgan fingerprint density at radius 3 is 2.74 bits per heavy atom. The van der Waals surface area contributed by atoms with E-state index in [-0.39, 0.29) is 0 Å². The molecule has 0 radical (unpaired) electrons. The standard InChI is InChI=1S/C16H28N2O/c1-4-16(3,12-17-14-8-9-14)13-18(5-2)11-15-7-6-10-19-15/h6-7,10,14,17H,4-5,8-9,11-13H2,1-3H3. The Bertz CT molecular complexity index is 359. The molecule has 0 spiro atoms. The second-order valence-corrected chi connectivity index (χ2v) is 6.20. The van der Waals surface area contributed by atoms with Crippen LogP contribution in [-0.4, -0.2) is 30.6 Å². The van der Waals surface area contributed by atoms with Gasteiger partial charge in [-0.2, -0.15) is 0 Å². The molecule has 1 aliphatic carbocycles. The molecular weight excluding hydrogens is 236 g/mol. The van der Waals surface area contributed by atoms with E-state index in [2.05, 4.69) is 37.1 Å². The fraction of sp³-hybridized carbons (Fsp3) is 0.750. The normalized spacial score (nSPS) is 18.7. The number of rotatable bonds is 9. The van der Waals surface area contributed by atoms with Gasteiger partial charge in [-0.1, -0.05) is 20.8 Å². The summed E-state index contributed by atoms with van der Waals surface area (Å²) in [5.41, 5.74) is 0.352. The van der Waals surface area contributed by atoms with E-state index in [1.54, 1.807) is 6.26 Å². The van der Waals surface area contributed by atoms with Crippen molar-refractivity contribution in [3.63, 3.8) is 0 Å². The van der Waals surface area contributed by atoms with Crippen LogP contribution in [-0.2, 0) is 6.54 Å². The molecule has 0 amide bonds. The lowest BCUT2D eigenvalue weighted by atomic mass is 9.86. The molecule has 1 atom stereocenters. The number of furan rings is 1. The second kappa shape index (κ2) is 6.58. The summed E-state index contributed by atoms with van der Waals surface area (Å²) >= 11 is 0. The Labute approximate surface area is 117 Å². The highest BCUT2D eigenvalue weighted by molar-refractivity contribution is 4.98. The van der Waals surface area contributed by atoms with Crippen molar-refractivity contribution in [1.82, 2.24) is 10.2 Å². The van der Waals surface area contributed by atoms with E-state index < -0.39 is 0 Å². The molecule has 0 aromatic carbocycles. The summed E-state index contributed by atoms with van der Waals surface area (Å²) in [7, 11) is 0. The van der Waals surface area contributed by atoms with Crippen LogP contribution in [0.25, 0.3) is 0 Å². The molecular formula is C16H28N2O. The predicted molar refractivity (Wildman–Crippen MR) is 79.1 cm³/mol. The predicted octanol–water partition coefficient (Wildman–Crippen LogP) is 3.27. The summed E-state index contributed by atoms with van der Waals surface area (Å²) in [4.78, 5) is 2.48. The first kappa shape index (κ1) is 14.6. The fourth-order valence-corrected chi connectivity index (χ4v) is 2.41. The Balaban J connectivity index is 1.85. The van der Waals surface area contributed by atoms with Crippen LogP contribution in [0.5, 0.6) is 0 Å². The molecule has 1 aromatic heterocycles. The highest BCUT2D eigenvalue weighted by atomic mass is 16.3. The molecule has 1 aliphatic rings. The van der Waals surface area contributed by atoms with E-state index in [1.807, 2.05) is 6.07 Å². The third-order valence-corrected chi connectivity index (χ3v) is 4.26. The lowest BCUT2D eigenvalue weighted by Crippen LogP contribution is -2.42. The first-order chi connectivity index (χ1) is 9.15. The SMILES string of the molecule is CCN(Cc1ccco1)CC(C)(CC)CNC1CC1. The smallest absolute Gasteiger partial charge is 0.117 e. The van der Waals surface area contributed by atoms with Gasteiger partial charge in [0.2, 0.25) is 0 Å². The van der Waals surface area contributed by atoms with Crippen molar-refractivity contribution in [3.8, 4) is 0 Å². The molecule has 1 N–H and O–H groups in total. The summed E-state index contributed by atoms with van der Waals surface area (Å²) in [5, 5.41) is 3.69. The van der Waals surface area contributed by atoms with Crippen LogP contribution in [0, 0.1) is 5.41 Å². The van der Waals surface area contributed by atoms with Gasteiger partial charge in [0, 0.05) is 19.1 Å². The molecule has 1 heterocycles. The van der Waals surface area contributed by atoms with E-state index in [4.69, 9.17) is 4.42 Å². The summed E-state index contributed by atoms with van der Waals surface area (Å²) in [5.74, 6) is 1.07. The Kier molecular flexibility index (Phi) is 5.06. The average molecular weight is 264 g/mol. The van der Waals surface area contributed by atoms with Crippen molar-refractivity contribution >= 4 is 0 Å². The number of nitrogens with zero attached hydrogens (tertiary/aromatic N) is 1. The van der Waals surface area contributed by atoms with E-state index in [1.165, 1.54) is 19.3 Å². The van der Waals surface area contributed by atoms with Gasteiger partial charge >= 0.3 is 0 Å². The molecule has 19 heavy (non-hydrogen) atoms. The maximum Gasteiger partial charge on any atom is 0.117 e. The molecule has 0 aliphatic heterocycles. The summed E-state index contributed by atoms with van der Waals surface area (Å²) in [6.45, 7) is 11.2. The van der Waals surface area contributed by atoms with Crippen molar-refractivity contribution in [3.05, 3.63) is 24.2 Å². The van der Waals surface area contributed by atoms with Crippen molar-refractivity contribution in [2.24, 2.45) is 5.41 Å². The summed E-state index contributed by atoms with van der Waals surface area (Å²) in [6, 6.07) is 4.83. The van der Waals surface area contributed by atoms with Crippen LogP contribution in [0.4, 0.5) is 0 Å². The second-order valence-electron chi connectivity index (χ2n) is 6.20. The molecule has 3 heteroatoms. The molecule has 1 unspecified atom stereocenters. The van der Waals surface area contributed by atoms with Gasteiger partial charge in [-0.15, -0.1) is 0 Å². The van der Waals surface area contributed by atoms with Gasteiger partial charge in [0.1, 0.15) is 5.76 Å². The van der Waals surface area contributed by atoms with Crippen LogP contribution in [0.1, 0.15) is 45.8 Å². The van der Waals surface area contributed by atoms with Gasteiger partial charge in [-0.3, -0.25) is 4.90 Å². The molecule has 1 aromatic rings. The Morgan fingerprint density at radius 2 is 2.21 bits per heavy atom. The molecule has 3 nitrogen and oxygen atoms in total. The lowest BCUT2D eigenvalue weighted by molar-refractivity contribution is 0.146. The highest BCUT2D eigenvalue weighted by Gasteiger charge is 2.29. The minimum absolute atomic E-state index is 0.352. The van der Waals surface area contributed by atoms with E-state index in [9.17, 15) is 0 Å². The minimum Gasteiger partial charge on any atom is -0.468 e. The van der Waals surface area contributed by atoms with Gasteiger partial charge in [0.25, 0.3) is 0 Å². The number of hydrogen-bond acceptors (Lipinski definition) is 3. The van der Waals surface area contributed by atoms with Gasteiger partial charge in [-0.25, -0.2) is 0 Å². The first-order valence-corrected chi connectivity index (χ1v) is 7.63. The van der Waals surface area contributed by atoms with E-state index in [0.717, 1.165) is 38.0 Å². The lowest BCUT2D eigenvalue weighted by Gasteiger charge is -2.34. The van der Waals surface area contributed by atoms with Crippen LogP contribution < -0.4 is 5.32 Å². The zero-order valence-electron chi connectivity index (χ0n) is 12.6. The first-order valence-electron chi connectivity index (χ1n) is 7.63. The zero-order valence-corrected chi connectivity index (χ0v) is 12.6. The molecule has 0 bridgehead atoms. The van der Waals surface area contributed by atoms with Crippen LogP contribution in [0.2, 0.25) is 0 Å². The molecule has 2 rings (SSSR count). The monoisotopic (exact) mass is 264 g/mol. The molecule has 1 saturated carbocycles. The van der Waals surface area contributed by atoms with Crippen molar-refractivity contribution < 1.29 is 4.42 Å². The van der Waals surface area contributed by atoms with Crippen molar-refractivity contribution in [1.29, 1.82) is 0 Å². The third kappa shape index (κ3) is 4.66. The zero-order chi connectivity index (χ0) is 13.7. The maximum atomic E-state index is 5.46. The minimum atomic E-state index is 0.352. The molecule has 1 fully saturated rings. The van der Waals surface area contributed by atoms with Crippen LogP contribution >= 0.6 is 0 Å². The molecule has 0 saturated heterocycles. The average Bonchev–Trinajstić information content (AvgIpc) is 3.12. The van der Waals surface area contributed by atoms with Gasteiger partial charge in [0.15, 0.2) is 0 Å². The third-order valence-electron chi connectivity index (χ3n) is 4.26. The van der Waals surface area contributed by atoms with Crippen LogP contribution in [0.15, 0.2) is 22.8 Å². The van der Waals surface area contributed by atoms with Crippen LogP contribution in [0.3, 0.4) is 0 Å². The quantitative estimate of drug-likeness (QED) is 0.742. The summed E-state index contributed by atoms with van der Waals surface area (Å²) < 4.78 is 5.46. The van der Waals surface area contributed by atoms with E-state index in [0.29, 0.717) is 5.41 Å². The fourth-order valence-electron chi connectivity index (χ4n) is 2.41. The molecule has 108 valence electrons. The van der Waals surface area contributed by atoms with Gasteiger partial charge in [-0.05, 0) is 43.4 Å². The number of hydrogen-bond donors (Lipinski definition) is 1. The van der Waals surface area contributed by atoms with Gasteiger partial charge < -0.3 is 9.73 Å².